The third-order valence-corrected chi connectivity index (χ3v) is 2.55. The van der Waals surface area contributed by atoms with Crippen molar-refractivity contribution in [3.05, 3.63) is 12.7 Å². The first-order valence-corrected chi connectivity index (χ1v) is 5.43. The van der Waals surface area contributed by atoms with Crippen molar-refractivity contribution in [2.45, 2.75) is 20.3 Å². The van der Waals surface area contributed by atoms with Crippen LogP contribution in [-0.4, -0.2) is 29.3 Å². The minimum Gasteiger partial charge on any atom is -0.371 e. The minimum atomic E-state index is -1.47. The second kappa shape index (κ2) is 8.93. The van der Waals surface area contributed by atoms with E-state index < -0.39 is 9.53 Å². The van der Waals surface area contributed by atoms with Crippen LogP contribution in [0, 0.1) is 0 Å². The molecule has 0 saturated heterocycles. The summed E-state index contributed by atoms with van der Waals surface area (Å²) in [6.07, 6.45) is 2.66. The second-order valence-corrected chi connectivity index (χ2v) is 3.41. The van der Waals surface area contributed by atoms with Gasteiger partial charge < -0.3 is 13.3 Å². The Hall–Kier alpha value is -0.163. The van der Waals surface area contributed by atoms with Gasteiger partial charge in [0, 0.05) is 19.8 Å². The van der Waals surface area contributed by atoms with E-state index in [4.69, 9.17) is 13.3 Å². The lowest BCUT2D eigenvalue weighted by atomic mass is 10.5. The van der Waals surface area contributed by atoms with E-state index in [-0.39, 0.29) is 0 Å². The molecule has 0 aromatic heterocycles. The van der Waals surface area contributed by atoms with Crippen molar-refractivity contribution >= 4 is 9.53 Å². The summed E-state index contributed by atoms with van der Waals surface area (Å²) in [5.74, 6) is 0. The molecule has 0 fully saturated rings. The maximum absolute atomic E-state index is 5.35. The first kappa shape index (κ1) is 11.8. The largest absolute Gasteiger partial charge is 0.577 e. The van der Waals surface area contributed by atoms with Gasteiger partial charge in [0.2, 0.25) is 0 Å². The van der Waals surface area contributed by atoms with Gasteiger partial charge in [0.05, 0.1) is 0 Å². The molecule has 0 saturated carbocycles. The fraction of sp³-hybridized carbons (Fsp3) is 0.750. The predicted octanol–water partition coefficient (Wildman–Crippen LogP) is 1.64. The molecule has 4 heteroatoms. The fourth-order valence-electron chi connectivity index (χ4n) is 0.586. The van der Waals surface area contributed by atoms with Crippen LogP contribution in [0.5, 0.6) is 0 Å². The molecule has 0 unspecified atom stereocenters. The Balaban J connectivity index is 3.40. The maximum Gasteiger partial charge on any atom is 0.577 e. The van der Waals surface area contributed by atoms with E-state index in [2.05, 4.69) is 6.58 Å². The lowest BCUT2D eigenvalue weighted by molar-refractivity contribution is 0.104. The summed E-state index contributed by atoms with van der Waals surface area (Å²) in [5, 5.41) is 0. The summed E-state index contributed by atoms with van der Waals surface area (Å²) >= 11 is 0. The standard InChI is InChI=1S/C8H17O3Si/c1-4-7-8-11-12(9-5-2)10-6-3/h4H,1,5-8H2,2-3H3. The second-order valence-electron chi connectivity index (χ2n) is 2.04. The Morgan fingerprint density at radius 1 is 1.17 bits per heavy atom. The molecular weight excluding hydrogens is 172 g/mol. The predicted molar refractivity (Wildman–Crippen MR) is 49.8 cm³/mol. The molecule has 3 nitrogen and oxygen atoms in total. The zero-order valence-electron chi connectivity index (χ0n) is 7.84. The SMILES string of the molecule is C=CCCO[Si](OCC)OCC. The maximum atomic E-state index is 5.35. The highest BCUT2D eigenvalue weighted by Crippen LogP contribution is 1.94. The topological polar surface area (TPSA) is 27.7 Å². The van der Waals surface area contributed by atoms with Crippen molar-refractivity contribution < 1.29 is 13.3 Å². The first-order chi connectivity index (χ1) is 5.85. The average Bonchev–Trinajstić information content (AvgIpc) is 2.06. The molecule has 12 heavy (non-hydrogen) atoms. The Morgan fingerprint density at radius 2 is 1.75 bits per heavy atom. The number of hydrogen-bond acceptors (Lipinski definition) is 3. The van der Waals surface area contributed by atoms with Crippen LogP contribution in [0.15, 0.2) is 12.7 Å². The minimum absolute atomic E-state index is 0.637. The van der Waals surface area contributed by atoms with Gasteiger partial charge in [0.15, 0.2) is 0 Å². The highest BCUT2D eigenvalue weighted by Gasteiger charge is 2.16. The quantitative estimate of drug-likeness (QED) is 0.330. The van der Waals surface area contributed by atoms with Crippen LogP contribution < -0.4 is 0 Å². The molecule has 0 aromatic carbocycles. The summed E-state index contributed by atoms with van der Waals surface area (Å²) < 4.78 is 15.9. The van der Waals surface area contributed by atoms with Gasteiger partial charge in [-0.1, -0.05) is 6.08 Å². The van der Waals surface area contributed by atoms with E-state index >= 15 is 0 Å². The summed E-state index contributed by atoms with van der Waals surface area (Å²) in [6, 6.07) is 0. The van der Waals surface area contributed by atoms with Gasteiger partial charge in [-0.05, 0) is 20.3 Å². The van der Waals surface area contributed by atoms with Crippen molar-refractivity contribution in [1.29, 1.82) is 0 Å². The van der Waals surface area contributed by atoms with Crippen molar-refractivity contribution in [3.63, 3.8) is 0 Å². The van der Waals surface area contributed by atoms with Gasteiger partial charge in [-0.25, -0.2) is 0 Å². The number of rotatable bonds is 8. The lowest BCUT2D eigenvalue weighted by Crippen LogP contribution is -2.27. The van der Waals surface area contributed by atoms with E-state index in [9.17, 15) is 0 Å². The summed E-state index contributed by atoms with van der Waals surface area (Å²) in [4.78, 5) is 0. The zero-order valence-corrected chi connectivity index (χ0v) is 8.84. The molecule has 0 aromatic rings. The normalized spacial score (nSPS) is 10.6. The smallest absolute Gasteiger partial charge is 0.371 e. The van der Waals surface area contributed by atoms with Gasteiger partial charge in [-0.15, -0.1) is 6.58 Å². The molecule has 0 N–H and O–H groups in total. The molecule has 0 amide bonds. The fourth-order valence-corrected chi connectivity index (χ4v) is 1.59. The van der Waals surface area contributed by atoms with Crippen LogP contribution in [0.3, 0.4) is 0 Å². The molecule has 71 valence electrons. The lowest BCUT2D eigenvalue weighted by Gasteiger charge is -2.11. The van der Waals surface area contributed by atoms with Crippen molar-refractivity contribution in [1.82, 2.24) is 0 Å². The number of hydrogen-bond donors (Lipinski definition) is 0. The molecule has 0 aliphatic rings. The van der Waals surface area contributed by atoms with E-state index in [1.54, 1.807) is 0 Å². The van der Waals surface area contributed by atoms with Crippen molar-refractivity contribution in [3.8, 4) is 0 Å². The Morgan fingerprint density at radius 3 is 2.17 bits per heavy atom. The van der Waals surface area contributed by atoms with Gasteiger partial charge >= 0.3 is 9.53 Å². The van der Waals surface area contributed by atoms with Gasteiger partial charge in [0.25, 0.3) is 0 Å². The molecule has 0 aliphatic heterocycles. The third-order valence-electron chi connectivity index (χ3n) is 1.07. The molecule has 0 spiro atoms. The molecule has 1 radical (unpaired) electrons. The molecule has 0 atom stereocenters. The highest BCUT2D eigenvalue weighted by molar-refractivity contribution is 6.36. The van der Waals surface area contributed by atoms with E-state index in [1.165, 1.54) is 0 Å². The van der Waals surface area contributed by atoms with Crippen LogP contribution >= 0.6 is 0 Å². The summed E-state index contributed by atoms with van der Waals surface area (Å²) in [6.45, 7) is 9.38. The van der Waals surface area contributed by atoms with Crippen molar-refractivity contribution in [2.24, 2.45) is 0 Å². The van der Waals surface area contributed by atoms with Crippen LogP contribution in [0.25, 0.3) is 0 Å². The van der Waals surface area contributed by atoms with Crippen LogP contribution in [0.1, 0.15) is 20.3 Å². The first-order valence-electron chi connectivity index (χ1n) is 4.21. The summed E-state index contributed by atoms with van der Waals surface area (Å²) in [5.41, 5.74) is 0. The van der Waals surface area contributed by atoms with E-state index in [0.29, 0.717) is 19.8 Å². The monoisotopic (exact) mass is 189 g/mol. The van der Waals surface area contributed by atoms with Crippen LogP contribution in [0.4, 0.5) is 0 Å². The van der Waals surface area contributed by atoms with Crippen LogP contribution in [0.2, 0.25) is 0 Å². The van der Waals surface area contributed by atoms with Crippen molar-refractivity contribution in [2.75, 3.05) is 19.8 Å². The zero-order chi connectivity index (χ0) is 9.23. The summed E-state index contributed by atoms with van der Waals surface area (Å²) in [7, 11) is -1.47. The van der Waals surface area contributed by atoms with E-state index in [0.717, 1.165) is 6.42 Å². The average molecular weight is 189 g/mol. The Labute approximate surface area is 76.3 Å². The molecule has 0 bridgehead atoms. The Kier molecular flexibility index (Phi) is 8.81. The molecule has 0 rings (SSSR count). The van der Waals surface area contributed by atoms with Crippen LogP contribution in [-0.2, 0) is 13.3 Å². The third kappa shape index (κ3) is 6.54. The molecule has 0 aliphatic carbocycles. The van der Waals surface area contributed by atoms with Gasteiger partial charge in [0.1, 0.15) is 0 Å². The molecule has 0 heterocycles. The Bertz CT molecular complexity index is 102. The van der Waals surface area contributed by atoms with Gasteiger partial charge in [-0.3, -0.25) is 0 Å². The highest BCUT2D eigenvalue weighted by atomic mass is 28.3. The van der Waals surface area contributed by atoms with Gasteiger partial charge in [-0.2, -0.15) is 0 Å². The van der Waals surface area contributed by atoms with E-state index in [1.807, 2.05) is 19.9 Å². The molecular formula is C8H17O3Si.